The smallest absolute Gasteiger partial charge is 0.358 e. The number of hydrogen-bond donors (Lipinski definition) is 0. The van der Waals surface area contributed by atoms with Crippen LogP contribution in [0.15, 0.2) is 36.4 Å². The topological polar surface area (TPSA) is 63.0 Å². The van der Waals surface area contributed by atoms with Gasteiger partial charge in [-0.05, 0) is 19.1 Å². The van der Waals surface area contributed by atoms with Gasteiger partial charge in [-0.1, -0.05) is 24.3 Å². The van der Waals surface area contributed by atoms with Crippen molar-refractivity contribution in [3.8, 4) is 6.07 Å². The second-order valence-corrected chi connectivity index (χ2v) is 3.57. The number of fused-ring (bicyclic) bond motifs is 1. The molecule has 0 unspecified atom stereocenters. The molecule has 84 valence electrons. The van der Waals surface area contributed by atoms with E-state index in [1.54, 1.807) is 12.1 Å². The molecule has 1 aromatic heterocycles. The van der Waals surface area contributed by atoms with Crippen molar-refractivity contribution in [2.75, 3.05) is 0 Å². The summed E-state index contributed by atoms with van der Waals surface area (Å²) in [5.74, 6) is -0.579. The normalized spacial score (nSPS) is 11.8. The maximum absolute atomic E-state index is 11.6. The lowest BCUT2D eigenvalue weighted by Crippen LogP contribution is -2.14. The zero-order valence-corrected chi connectivity index (χ0v) is 9.25. The Morgan fingerprint density at radius 3 is 2.88 bits per heavy atom. The molecule has 1 heterocycles. The molecule has 0 saturated carbocycles. The van der Waals surface area contributed by atoms with E-state index in [1.165, 1.54) is 6.92 Å². The van der Waals surface area contributed by atoms with Gasteiger partial charge in [-0.2, -0.15) is 5.26 Å². The SMILES string of the molecule is C[C@H](C#N)OC(=O)c1ccc2ccccc2n1. The minimum atomic E-state index is -0.768. The number of benzene rings is 1. The maximum Gasteiger partial charge on any atom is 0.358 e. The van der Waals surface area contributed by atoms with E-state index in [2.05, 4.69) is 4.98 Å². The summed E-state index contributed by atoms with van der Waals surface area (Å²) in [5.41, 5.74) is 0.942. The number of nitriles is 1. The lowest BCUT2D eigenvalue weighted by molar-refractivity contribution is 0.0429. The van der Waals surface area contributed by atoms with Crippen molar-refractivity contribution < 1.29 is 9.53 Å². The molecule has 0 aliphatic rings. The molecule has 17 heavy (non-hydrogen) atoms. The molecular formula is C13H10N2O2. The molecule has 1 aromatic carbocycles. The number of pyridine rings is 1. The van der Waals surface area contributed by atoms with Gasteiger partial charge in [-0.25, -0.2) is 9.78 Å². The van der Waals surface area contributed by atoms with Gasteiger partial charge in [0, 0.05) is 5.39 Å². The average Bonchev–Trinajstić information content (AvgIpc) is 2.38. The summed E-state index contributed by atoms with van der Waals surface area (Å²) in [4.78, 5) is 15.8. The van der Waals surface area contributed by atoms with E-state index in [-0.39, 0.29) is 5.69 Å². The summed E-state index contributed by atoms with van der Waals surface area (Å²) in [5, 5.41) is 9.51. The fourth-order valence-electron chi connectivity index (χ4n) is 1.43. The van der Waals surface area contributed by atoms with Gasteiger partial charge >= 0.3 is 5.97 Å². The van der Waals surface area contributed by atoms with Crippen LogP contribution in [0.5, 0.6) is 0 Å². The van der Waals surface area contributed by atoms with E-state index in [0.29, 0.717) is 0 Å². The highest BCUT2D eigenvalue weighted by atomic mass is 16.5. The number of ether oxygens (including phenoxy) is 1. The first kappa shape index (κ1) is 11.1. The Bertz CT molecular complexity index is 602. The largest absolute Gasteiger partial charge is 0.443 e. The second kappa shape index (κ2) is 4.62. The fraction of sp³-hybridized carbons (Fsp3) is 0.154. The molecule has 0 amide bonds. The van der Waals surface area contributed by atoms with Gasteiger partial charge in [-0.3, -0.25) is 0 Å². The molecule has 1 atom stereocenters. The summed E-state index contributed by atoms with van der Waals surface area (Å²) in [6.07, 6.45) is -0.768. The standard InChI is InChI=1S/C13H10N2O2/c1-9(8-14)17-13(16)12-7-6-10-4-2-3-5-11(10)15-12/h2-7,9H,1H3/t9-/m1/s1. The van der Waals surface area contributed by atoms with Crippen LogP contribution in [0.1, 0.15) is 17.4 Å². The molecule has 0 radical (unpaired) electrons. The number of rotatable bonds is 2. The molecule has 4 nitrogen and oxygen atoms in total. The van der Waals surface area contributed by atoms with Crippen LogP contribution in [-0.4, -0.2) is 17.1 Å². The Kier molecular flexibility index (Phi) is 3.01. The van der Waals surface area contributed by atoms with Crippen LogP contribution in [0.2, 0.25) is 0 Å². The lowest BCUT2D eigenvalue weighted by atomic mass is 10.2. The third-order valence-corrected chi connectivity index (χ3v) is 2.27. The second-order valence-electron chi connectivity index (χ2n) is 3.57. The highest BCUT2D eigenvalue weighted by Gasteiger charge is 2.12. The first-order chi connectivity index (χ1) is 8.20. The molecule has 0 aliphatic heterocycles. The molecule has 0 fully saturated rings. The maximum atomic E-state index is 11.6. The fourth-order valence-corrected chi connectivity index (χ4v) is 1.43. The van der Waals surface area contributed by atoms with Gasteiger partial charge in [0.1, 0.15) is 11.8 Å². The van der Waals surface area contributed by atoms with Gasteiger partial charge in [0.25, 0.3) is 0 Å². The van der Waals surface area contributed by atoms with Crippen LogP contribution >= 0.6 is 0 Å². The van der Waals surface area contributed by atoms with Crippen LogP contribution in [0.25, 0.3) is 10.9 Å². The van der Waals surface area contributed by atoms with Gasteiger partial charge in [0.2, 0.25) is 0 Å². The average molecular weight is 226 g/mol. The van der Waals surface area contributed by atoms with E-state index in [1.807, 2.05) is 30.3 Å². The van der Waals surface area contributed by atoms with E-state index in [4.69, 9.17) is 10.00 Å². The summed E-state index contributed by atoms with van der Waals surface area (Å²) in [6.45, 7) is 1.51. The van der Waals surface area contributed by atoms with Gasteiger partial charge in [-0.15, -0.1) is 0 Å². The van der Waals surface area contributed by atoms with Crippen LogP contribution < -0.4 is 0 Å². The van der Waals surface area contributed by atoms with Crippen LogP contribution in [-0.2, 0) is 4.74 Å². The summed E-state index contributed by atoms with van der Waals surface area (Å²) >= 11 is 0. The Hall–Kier alpha value is -2.41. The molecule has 0 aliphatic carbocycles. The van der Waals surface area contributed by atoms with Crippen molar-refractivity contribution in [3.05, 3.63) is 42.1 Å². The zero-order chi connectivity index (χ0) is 12.3. The van der Waals surface area contributed by atoms with Gasteiger partial charge in [0.05, 0.1) is 5.52 Å². The van der Waals surface area contributed by atoms with E-state index in [0.717, 1.165) is 10.9 Å². The number of para-hydroxylation sites is 1. The first-order valence-corrected chi connectivity index (χ1v) is 5.17. The predicted octanol–water partition coefficient (Wildman–Crippen LogP) is 2.30. The number of esters is 1. The number of nitrogens with zero attached hydrogens (tertiary/aromatic N) is 2. The molecule has 0 bridgehead atoms. The number of carbonyl (C=O) groups is 1. The summed E-state index contributed by atoms with van der Waals surface area (Å²) in [6, 6.07) is 12.7. The third-order valence-electron chi connectivity index (χ3n) is 2.27. The van der Waals surface area contributed by atoms with Crippen LogP contribution in [0, 0.1) is 11.3 Å². The van der Waals surface area contributed by atoms with Crippen molar-refractivity contribution in [2.45, 2.75) is 13.0 Å². The van der Waals surface area contributed by atoms with Crippen molar-refractivity contribution in [1.29, 1.82) is 5.26 Å². The highest BCUT2D eigenvalue weighted by molar-refractivity contribution is 5.91. The molecule has 4 heteroatoms. The molecule has 2 rings (SSSR count). The van der Waals surface area contributed by atoms with Gasteiger partial charge < -0.3 is 4.74 Å². The summed E-state index contributed by atoms with van der Waals surface area (Å²) < 4.78 is 4.87. The predicted molar refractivity (Wildman–Crippen MR) is 62.2 cm³/mol. The zero-order valence-electron chi connectivity index (χ0n) is 9.25. The Balaban J connectivity index is 2.31. The van der Waals surface area contributed by atoms with E-state index in [9.17, 15) is 4.79 Å². The van der Waals surface area contributed by atoms with Gasteiger partial charge in [0.15, 0.2) is 6.10 Å². The molecule has 0 N–H and O–H groups in total. The van der Waals surface area contributed by atoms with Crippen LogP contribution in [0.3, 0.4) is 0 Å². The van der Waals surface area contributed by atoms with Crippen LogP contribution in [0.4, 0.5) is 0 Å². The monoisotopic (exact) mass is 226 g/mol. The molecule has 0 saturated heterocycles. The minimum Gasteiger partial charge on any atom is -0.443 e. The lowest BCUT2D eigenvalue weighted by Gasteiger charge is -2.05. The Labute approximate surface area is 98.5 Å². The van der Waals surface area contributed by atoms with Crippen molar-refractivity contribution in [2.24, 2.45) is 0 Å². The quantitative estimate of drug-likeness (QED) is 0.737. The summed E-state index contributed by atoms with van der Waals surface area (Å²) in [7, 11) is 0. The minimum absolute atomic E-state index is 0.214. The number of hydrogen-bond acceptors (Lipinski definition) is 4. The van der Waals surface area contributed by atoms with Crippen molar-refractivity contribution >= 4 is 16.9 Å². The molecule has 0 spiro atoms. The molecular weight excluding hydrogens is 216 g/mol. The van der Waals surface area contributed by atoms with Crippen molar-refractivity contribution in [1.82, 2.24) is 4.98 Å². The highest BCUT2D eigenvalue weighted by Crippen LogP contribution is 2.12. The first-order valence-electron chi connectivity index (χ1n) is 5.17. The number of aromatic nitrogens is 1. The Morgan fingerprint density at radius 1 is 1.35 bits per heavy atom. The molecule has 2 aromatic rings. The number of carbonyl (C=O) groups excluding carboxylic acids is 1. The van der Waals surface area contributed by atoms with E-state index >= 15 is 0 Å². The Morgan fingerprint density at radius 2 is 2.12 bits per heavy atom. The van der Waals surface area contributed by atoms with Crippen molar-refractivity contribution in [3.63, 3.8) is 0 Å². The van der Waals surface area contributed by atoms with E-state index < -0.39 is 12.1 Å². The third kappa shape index (κ3) is 2.40.